The SMILES string of the molecule is C[C@H](NC(=O)c1nc[nH]c1C(=O)N1CC[NH2+]CC1)C(=O)OC(C)(C)C. The van der Waals surface area contributed by atoms with Crippen molar-refractivity contribution in [3.05, 3.63) is 17.7 Å². The number of aromatic nitrogens is 2. The van der Waals surface area contributed by atoms with E-state index in [1.807, 2.05) is 0 Å². The van der Waals surface area contributed by atoms with Crippen molar-refractivity contribution in [3.63, 3.8) is 0 Å². The van der Waals surface area contributed by atoms with Crippen molar-refractivity contribution in [1.29, 1.82) is 0 Å². The summed E-state index contributed by atoms with van der Waals surface area (Å²) in [5, 5.41) is 4.66. The summed E-state index contributed by atoms with van der Waals surface area (Å²) in [7, 11) is 0. The minimum absolute atomic E-state index is 0.0186. The Hall–Kier alpha value is -2.42. The summed E-state index contributed by atoms with van der Waals surface area (Å²) < 4.78 is 5.23. The fourth-order valence-electron chi connectivity index (χ4n) is 2.46. The summed E-state index contributed by atoms with van der Waals surface area (Å²) in [6.45, 7) is 9.68. The van der Waals surface area contributed by atoms with Gasteiger partial charge in [-0.25, -0.2) is 9.78 Å². The Morgan fingerprint density at radius 3 is 2.56 bits per heavy atom. The zero-order valence-corrected chi connectivity index (χ0v) is 15.1. The third-order valence-corrected chi connectivity index (χ3v) is 3.67. The molecule has 2 heterocycles. The predicted molar refractivity (Wildman–Crippen MR) is 88.9 cm³/mol. The number of nitrogens with zero attached hydrogens (tertiary/aromatic N) is 2. The Morgan fingerprint density at radius 2 is 1.96 bits per heavy atom. The maximum Gasteiger partial charge on any atom is 0.328 e. The highest BCUT2D eigenvalue weighted by atomic mass is 16.6. The van der Waals surface area contributed by atoms with Crippen LogP contribution in [0.3, 0.4) is 0 Å². The molecule has 1 fully saturated rings. The van der Waals surface area contributed by atoms with Gasteiger partial charge >= 0.3 is 5.97 Å². The largest absolute Gasteiger partial charge is 0.458 e. The van der Waals surface area contributed by atoms with E-state index in [1.165, 1.54) is 13.3 Å². The number of imidazole rings is 1. The number of nitrogens with two attached hydrogens (primary N) is 1. The van der Waals surface area contributed by atoms with Crippen molar-refractivity contribution in [1.82, 2.24) is 20.2 Å². The van der Waals surface area contributed by atoms with Crippen molar-refractivity contribution in [2.75, 3.05) is 26.2 Å². The van der Waals surface area contributed by atoms with Crippen LogP contribution in [0.15, 0.2) is 6.33 Å². The topological polar surface area (TPSA) is 121 Å². The first-order valence-corrected chi connectivity index (χ1v) is 8.37. The molecule has 0 aliphatic carbocycles. The summed E-state index contributed by atoms with van der Waals surface area (Å²) in [4.78, 5) is 45.3. The van der Waals surface area contributed by atoms with Gasteiger partial charge in [-0.2, -0.15) is 0 Å². The number of amides is 2. The first kappa shape index (κ1) is 18.9. The number of aromatic amines is 1. The second-order valence-electron chi connectivity index (χ2n) is 7.01. The van der Waals surface area contributed by atoms with E-state index in [4.69, 9.17) is 4.74 Å². The van der Waals surface area contributed by atoms with Crippen LogP contribution in [0.5, 0.6) is 0 Å². The minimum Gasteiger partial charge on any atom is -0.458 e. The van der Waals surface area contributed by atoms with Crippen LogP contribution in [0.25, 0.3) is 0 Å². The van der Waals surface area contributed by atoms with Crippen LogP contribution in [0, 0.1) is 0 Å². The molecule has 4 N–H and O–H groups in total. The molecule has 1 saturated heterocycles. The molecule has 0 saturated carbocycles. The Balaban J connectivity index is 2.04. The normalized spacial score (nSPS) is 16.2. The van der Waals surface area contributed by atoms with E-state index in [-0.39, 0.29) is 17.3 Å². The summed E-state index contributed by atoms with van der Waals surface area (Å²) in [6.07, 6.45) is 1.30. The second kappa shape index (κ2) is 7.64. The molecule has 0 spiro atoms. The van der Waals surface area contributed by atoms with Crippen LogP contribution in [-0.4, -0.2) is 70.5 Å². The van der Waals surface area contributed by atoms with E-state index in [2.05, 4.69) is 20.6 Å². The van der Waals surface area contributed by atoms with Crippen LogP contribution in [0.2, 0.25) is 0 Å². The number of hydrogen-bond donors (Lipinski definition) is 3. The molecule has 1 aliphatic rings. The number of rotatable bonds is 4. The number of carbonyl (C=O) groups excluding carboxylic acids is 3. The molecule has 0 unspecified atom stereocenters. The molecule has 1 aromatic rings. The molecular weight excluding hydrogens is 326 g/mol. The number of H-pyrrole nitrogens is 1. The van der Waals surface area contributed by atoms with Crippen molar-refractivity contribution in [2.45, 2.75) is 39.3 Å². The summed E-state index contributed by atoms with van der Waals surface area (Å²) in [5.74, 6) is -1.40. The van der Waals surface area contributed by atoms with Crippen LogP contribution >= 0.6 is 0 Å². The lowest BCUT2D eigenvalue weighted by molar-refractivity contribution is -0.661. The Morgan fingerprint density at radius 1 is 1.32 bits per heavy atom. The third kappa shape index (κ3) is 5.02. The molecule has 0 radical (unpaired) electrons. The van der Waals surface area contributed by atoms with Gasteiger partial charge in [-0.3, -0.25) is 9.59 Å². The monoisotopic (exact) mass is 352 g/mol. The van der Waals surface area contributed by atoms with Gasteiger partial charge in [0.2, 0.25) is 0 Å². The smallest absolute Gasteiger partial charge is 0.328 e. The van der Waals surface area contributed by atoms with Crippen molar-refractivity contribution < 1.29 is 24.4 Å². The van der Waals surface area contributed by atoms with Gasteiger partial charge in [-0.15, -0.1) is 0 Å². The number of nitrogens with one attached hydrogen (secondary N) is 2. The molecule has 2 rings (SSSR count). The molecule has 0 aromatic carbocycles. The highest BCUT2D eigenvalue weighted by molar-refractivity contribution is 6.05. The van der Waals surface area contributed by atoms with Gasteiger partial charge in [0, 0.05) is 0 Å². The average molecular weight is 352 g/mol. The highest BCUT2D eigenvalue weighted by Gasteiger charge is 2.29. The maximum absolute atomic E-state index is 12.6. The molecule has 138 valence electrons. The van der Waals surface area contributed by atoms with Gasteiger partial charge < -0.3 is 25.3 Å². The lowest BCUT2D eigenvalue weighted by Gasteiger charge is -2.25. The van der Waals surface area contributed by atoms with E-state index in [9.17, 15) is 14.4 Å². The van der Waals surface area contributed by atoms with Gasteiger partial charge in [0.15, 0.2) is 5.69 Å². The van der Waals surface area contributed by atoms with E-state index in [1.54, 1.807) is 25.7 Å². The molecule has 2 amide bonds. The number of piperazine rings is 1. The van der Waals surface area contributed by atoms with Crippen molar-refractivity contribution in [3.8, 4) is 0 Å². The van der Waals surface area contributed by atoms with E-state index >= 15 is 0 Å². The summed E-state index contributed by atoms with van der Waals surface area (Å²) in [5.41, 5.74) is -0.528. The van der Waals surface area contributed by atoms with Crippen LogP contribution < -0.4 is 10.6 Å². The standard InChI is InChI=1S/C16H25N5O4/c1-10(15(24)25-16(2,3)4)20-13(22)11-12(19-9-18-11)14(23)21-7-5-17-6-8-21/h9-10,17H,5-8H2,1-4H3,(H,18,19)(H,20,22)/p+1/t10-/m0/s1. The lowest BCUT2D eigenvalue weighted by Crippen LogP contribution is -2.89. The van der Waals surface area contributed by atoms with E-state index in [0.29, 0.717) is 13.1 Å². The first-order valence-electron chi connectivity index (χ1n) is 8.37. The Kier molecular flexibility index (Phi) is 5.78. The third-order valence-electron chi connectivity index (χ3n) is 3.67. The zero-order valence-electron chi connectivity index (χ0n) is 15.1. The Labute approximate surface area is 146 Å². The molecular formula is C16H26N5O4+. The van der Waals surface area contributed by atoms with Gasteiger partial charge in [-0.1, -0.05) is 0 Å². The average Bonchev–Trinajstić information content (AvgIpc) is 3.03. The van der Waals surface area contributed by atoms with Gasteiger partial charge in [-0.05, 0) is 27.7 Å². The number of ether oxygens (including phenoxy) is 1. The lowest BCUT2D eigenvalue weighted by atomic mass is 10.2. The highest BCUT2D eigenvalue weighted by Crippen LogP contribution is 2.10. The fourth-order valence-corrected chi connectivity index (χ4v) is 2.46. The quantitative estimate of drug-likeness (QED) is 0.593. The van der Waals surface area contributed by atoms with Crippen molar-refractivity contribution in [2.24, 2.45) is 0 Å². The predicted octanol–water partition coefficient (Wildman–Crippen LogP) is -1.11. The zero-order chi connectivity index (χ0) is 18.6. The van der Waals surface area contributed by atoms with E-state index in [0.717, 1.165) is 13.1 Å². The number of quaternary nitrogens is 1. The molecule has 1 atom stereocenters. The first-order chi connectivity index (χ1) is 11.7. The van der Waals surface area contributed by atoms with Gasteiger partial charge in [0.25, 0.3) is 11.8 Å². The number of esters is 1. The van der Waals surface area contributed by atoms with Gasteiger partial charge in [0.1, 0.15) is 17.3 Å². The number of carbonyl (C=O) groups is 3. The summed E-state index contributed by atoms with van der Waals surface area (Å²) in [6, 6.07) is -0.851. The molecule has 0 bridgehead atoms. The molecule has 9 heteroatoms. The maximum atomic E-state index is 12.6. The van der Waals surface area contributed by atoms with Crippen LogP contribution in [0.4, 0.5) is 0 Å². The van der Waals surface area contributed by atoms with Gasteiger partial charge in [0.05, 0.1) is 32.5 Å². The molecule has 1 aromatic heterocycles. The fraction of sp³-hybridized carbons (Fsp3) is 0.625. The second-order valence-corrected chi connectivity index (χ2v) is 7.01. The minimum atomic E-state index is -0.851. The van der Waals surface area contributed by atoms with Crippen LogP contribution in [-0.2, 0) is 9.53 Å². The summed E-state index contributed by atoms with van der Waals surface area (Å²) >= 11 is 0. The molecule has 1 aliphatic heterocycles. The van der Waals surface area contributed by atoms with Crippen molar-refractivity contribution >= 4 is 17.8 Å². The Bertz CT molecular complexity index is 643. The molecule has 9 nitrogen and oxygen atoms in total. The van der Waals surface area contributed by atoms with E-state index < -0.39 is 23.5 Å². The van der Waals surface area contributed by atoms with Crippen LogP contribution in [0.1, 0.15) is 48.7 Å². The molecule has 25 heavy (non-hydrogen) atoms. The number of hydrogen-bond acceptors (Lipinski definition) is 5.